The lowest BCUT2D eigenvalue weighted by Crippen LogP contribution is -2.08. The van der Waals surface area contributed by atoms with E-state index in [0.717, 1.165) is 23.6 Å². The molecule has 0 aliphatic carbocycles. The van der Waals surface area contributed by atoms with Gasteiger partial charge in [0.2, 0.25) is 0 Å². The first-order valence-electron chi connectivity index (χ1n) is 15.2. The van der Waals surface area contributed by atoms with Gasteiger partial charge in [-0.3, -0.25) is 9.98 Å². The van der Waals surface area contributed by atoms with E-state index in [4.69, 9.17) is 9.47 Å². The number of carbonyl (C=O) groups is 1. The third kappa shape index (κ3) is 13.1. The Kier molecular flexibility index (Phi) is 15.2. The van der Waals surface area contributed by atoms with Crippen molar-refractivity contribution in [2.45, 2.75) is 96.8 Å². The minimum Gasteiger partial charge on any atom is -0.494 e. The van der Waals surface area contributed by atoms with Gasteiger partial charge in [0.25, 0.3) is 0 Å². The van der Waals surface area contributed by atoms with E-state index in [9.17, 15) is 4.79 Å². The van der Waals surface area contributed by atoms with Crippen LogP contribution in [0.1, 0.15) is 113 Å². The first-order chi connectivity index (χ1) is 19.7. The highest BCUT2D eigenvalue weighted by Gasteiger charge is 2.09. The van der Waals surface area contributed by atoms with Gasteiger partial charge in [0.1, 0.15) is 11.5 Å². The zero-order valence-electron chi connectivity index (χ0n) is 24.2. The Morgan fingerprint density at radius 3 is 1.85 bits per heavy atom. The van der Waals surface area contributed by atoms with Crippen molar-refractivity contribution in [3.63, 3.8) is 0 Å². The lowest BCUT2D eigenvalue weighted by atomic mass is 10.0. The molecular weight excluding hydrogens is 496 g/mol. The van der Waals surface area contributed by atoms with Gasteiger partial charge in [0, 0.05) is 6.20 Å². The van der Waals surface area contributed by atoms with Gasteiger partial charge >= 0.3 is 5.97 Å². The summed E-state index contributed by atoms with van der Waals surface area (Å²) in [6.45, 7) is 2.98. The highest BCUT2D eigenvalue weighted by molar-refractivity contribution is 5.91. The SMILES string of the molecule is CCCCCCCCCCCCCCCCOc1ccc(C(=O)Oc2ccc(N=Cc3ccccn3)cc2)cc1. The molecule has 3 aromatic rings. The molecule has 0 saturated carbocycles. The normalized spacial score (nSPS) is 11.1. The van der Waals surface area contributed by atoms with Crippen molar-refractivity contribution in [3.05, 3.63) is 84.2 Å². The Hall–Kier alpha value is -3.47. The molecule has 0 saturated heterocycles. The van der Waals surface area contributed by atoms with Crippen LogP contribution < -0.4 is 9.47 Å². The van der Waals surface area contributed by atoms with E-state index >= 15 is 0 Å². The molecule has 0 amide bonds. The summed E-state index contributed by atoms with van der Waals surface area (Å²) in [5.41, 5.74) is 2.02. The maximum absolute atomic E-state index is 12.5. The van der Waals surface area contributed by atoms with Crippen molar-refractivity contribution < 1.29 is 14.3 Å². The number of hydrogen-bond donors (Lipinski definition) is 0. The Morgan fingerprint density at radius 1 is 0.700 bits per heavy atom. The van der Waals surface area contributed by atoms with Crippen LogP contribution in [0.15, 0.2) is 77.9 Å². The van der Waals surface area contributed by atoms with Crippen LogP contribution in [0.25, 0.3) is 0 Å². The number of hydrogen-bond acceptors (Lipinski definition) is 5. The summed E-state index contributed by atoms with van der Waals surface area (Å²) < 4.78 is 11.4. The van der Waals surface area contributed by atoms with E-state index in [-0.39, 0.29) is 0 Å². The number of ether oxygens (including phenoxy) is 2. The minimum absolute atomic E-state index is 0.400. The molecule has 1 aromatic heterocycles. The molecule has 0 radical (unpaired) electrons. The third-order valence-corrected chi connectivity index (χ3v) is 6.94. The standard InChI is InChI=1S/C35H46N2O3/c1-2-3-4-5-6-7-8-9-10-11-12-13-14-17-28-39-33-23-19-30(20-24-33)35(38)40-34-25-21-31(22-26-34)37-29-32-18-15-16-27-36-32/h15-16,18-27,29H,2-14,17,28H2,1H3. The number of aromatic nitrogens is 1. The molecule has 0 fully saturated rings. The van der Waals surface area contributed by atoms with Crippen molar-refractivity contribution in [2.75, 3.05) is 6.61 Å². The van der Waals surface area contributed by atoms with E-state index in [0.29, 0.717) is 17.9 Å². The second kappa shape index (κ2) is 19.6. The van der Waals surface area contributed by atoms with Crippen molar-refractivity contribution >= 4 is 17.9 Å². The molecule has 40 heavy (non-hydrogen) atoms. The highest BCUT2D eigenvalue weighted by atomic mass is 16.5. The Morgan fingerprint density at radius 2 is 1.27 bits per heavy atom. The molecule has 214 valence electrons. The number of rotatable bonds is 20. The summed E-state index contributed by atoms with van der Waals surface area (Å²) in [5, 5.41) is 0. The fraction of sp³-hybridized carbons (Fsp3) is 0.457. The zero-order chi connectivity index (χ0) is 28.1. The second-order valence-corrected chi connectivity index (χ2v) is 10.4. The van der Waals surface area contributed by atoms with Crippen molar-refractivity contribution in [1.29, 1.82) is 0 Å². The predicted molar refractivity (Wildman–Crippen MR) is 165 cm³/mol. The van der Waals surface area contributed by atoms with Crippen LogP contribution in [0.2, 0.25) is 0 Å². The second-order valence-electron chi connectivity index (χ2n) is 10.4. The fourth-order valence-corrected chi connectivity index (χ4v) is 4.53. The molecule has 1 heterocycles. The van der Waals surface area contributed by atoms with Crippen LogP contribution in [0.3, 0.4) is 0 Å². The average molecular weight is 543 g/mol. The molecule has 0 bridgehead atoms. The van der Waals surface area contributed by atoms with Gasteiger partial charge < -0.3 is 9.47 Å². The summed E-state index contributed by atoms with van der Waals surface area (Å²) in [4.78, 5) is 21.1. The number of pyridine rings is 1. The topological polar surface area (TPSA) is 60.8 Å². The molecule has 0 N–H and O–H groups in total. The smallest absolute Gasteiger partial charge is 0.343 e. The molecule has 0 unspecified atom stereocenters. The minimum atomic E-state index is -0.400. The molecule has 0 spiro atoms. The molecule has 5 heteroatoms. The van der Waals surface area contributed by atoms with Gasteiger partial charge in [-0.2, -0.15) is 0 Å². The summed E-state index contributed by atoms with van der Waals surface area (Å²) in [6.07, 6.45) is 22.3. The van der Waals surface area contributed by atoms with Gasteiger partial charge in [-0.25, -0.2) is 4.79 Å². The van der Waals surface area contributed by atoms with Gasteiger partial charge in [0.05, 0.1) is 29.8 Å². The van der Waals surface area contributed by atoms with E-state index in [1.165, 1.54) is 83.5 Å². The third-order valence-electron chi connectivity index (χ3n) is 6.94. The quantitative estimate of drug-likeness (QED) is 0.0617. The monoisotopic (exact) mass is 542 g/mol. The fourth-order valence-electron chi connectivity index (χ4n) is 4.53. The van der Waals surface area contributed by atoms with Crippen molar-refractivity contribution in [2.24, 2.45) is 4.99 Å². The summed E-state index contributed by atoms with van der Waals surface area (Å²) in [6, 6.07) is 19.9. The summed E-state index contributed by atoms with van der Waals surface area (Å²) in [5.74, 6) is 0.851. The summed E-state index contributed by atoms with van der Waals surface area (Å²) in [7, 11) is 0. The largest absolute Gasteiger partial charge is 0.494 e. The molecule has 5 nitrogen and oxygen atoms in total. The predicted octanol–water partition coefficient (Wildman–Crippen LogP) is 9.91. The van der Waals surface area contributed by atoms with E-state index in [1.54, 1.807) is 48.8 Å². The van der Waals surface area contributed by atoms with E-state index < -0.39 is 5.97 Å². The van der Waals surface area contributed by atoms with Gasteiger partial charge in [-0.1, -0.05) is 96.5 Å². The van der Waals surface area contributed by atoms with Crippen molar-refractivity contribution in [3.8, 4) is 11.5 Å². The Bertz CT molecular complexity index is 1100. The maximum atomic E-state index is 12.5. The lowest BCUT2D eigenvalue weighted by Gasteiger charge is -2.08. The number of benzene rings is 2. The first kappa shape index (κ1) is 31.1. The van der Waals surface area contributed by atoms with Crippen LogP contribution >= 0.6 is 0 Å². The van der Waals surface area contributed by atoms with Crippen molar-refractivity contribution in [1.82, 2.24) is 4.98 Å². The Labute approximate surface area is 241 Å². The van der Waals surface area contributed by atoms with Gasteiger partial charge in [-0.05, 0) is 67.1 Å². The average Bonchev–Trinajstić information content (AvgIpc) is 2.99. The molecule has 2 aromatic carbocycles. The number of esters is 1. The van der Waals surface area contributed by atoms with E-state index in [2.05, 4.69) is 16.9 Å². The Balaban J connectivity index is 1.23. The van der Waals surface area contributed by atoms with Gasteiger partial charge in [0.15, 0.2) is 0 Å². The molecular formula is C35H46N2O3. The van der Waals surface area contributed by atoms with Gasteiger partial charge in [-0.15, -0.1) is 0 Å². The van der Waals surface area contributed by atoms with Crippen LogP contribution in [0.4, 0.5) is 5.69 Å². The van der Waals surface area contributed by atoms with Crippen LogP contribution in [-0.2, 0) is 0 Å². The summed E-state index contributed by atoms with van der Waals surface area (Å²) >= 11 is 0. The molecule has 0 atom stereocenters. The molecule has 0 aliphatic rings. The highest BCUT2D eigenvalue weighted by Crippen LogP contribution is 2.20. The van der Waals surface area contributed by atoms with Crippen LogP contribution in [-0.4, -0.2) is 23.8 Å². The van der Waals surface area contributed by atoms with E-state index in [1.807, 2.05) is 30.3 Å². The molecule has 3 rings (SSSR count). The van der Waals surface area contributed by atoms with Crippen LogP contribution in [0.5, 0.6) is 11.5 Å². The number of nitrogens with zero attached hydrogens (tertiary/aromatic N) is 2. The number of unbranched alkanes of at least 4 members (excludes halogenated alkanes) is 13. The zero-order valence-corrected chi connectivity index (χ0v) is 24.2. The number of carbonyl (C=O) groups excluding carboxylic acids is 1. The number of aliphatic imine (C=N–C) groups is 1. The van der Waals surface area contributed by atoms with Crippen LogP contribution in [0, 0.1) is 0 Å². The lowest BCUT2D eigenvalue weighted by molar-refractivity contribution is 0.0734. The maximum Gasteiger partial charge on any atom is 0.343 e. The first-order valence-corrected chi connectivity index (χ1v) is 15.2. The molecule has 0 aliphatic heterocycles.